The predicted molar refractivity (Wildman–Crippen MR) is 235 cm³/mol. The van der Waals surface area contributed by atoms with Gasteiger partial charge in [0.2, 0.25) is 0 Å². The highest BCUT2D eigenvalue weighted by molar-refractivity contribution is 7.20. The Morgan fingerprint density at radius 3 is 1.80 bits per heavy atom. The van der Waals surface area contributed by atoms with E-state index in [2.05, 4.69) is 198 Å². The summed E-state index contributed by atoms with van der Waals surface area (Å²) in [6.45, 7) is 0.866. The summed E-state index contributed by atoms with van der Waals surface area (Å²) in [5.41, 5.74) is 9.50. The number of nitrogens with zero attached hydrogens (tertiary/aromatic N) is 1. The van der Waals surface area contributed by atoms with Crippen molar-refractivity contribution >= 4 is 93.3 Å². The summed E-state index contributed by atoms with van der Waals surface area (Å²) in [4.78, 5) is 3.68. The molecule has 0 fully saturated rings. The number of hydrogen-bond donors (Lipinski definition) is 1. The van der Waals surface area contributed by atoms with Crippen LogP contribution >= 0.6 is 11.3 Å². The molecule has 1 N–H and O–H groups in total. The second-order valence-corrected chi connectivity index (χ2v) is 15.2. The van der Waals surface area contributed by atoms with Crippen LogP contribution in [0.25, 0.3) is 81.5 Å². The molecule has 1 aromatic heterocycles. The Bertz CT molecular complexity index is 3100. The molecule has 0 bridgehead atoms. The SMILES string of the molecule is C1=Cc2sc3cc(N(c4ccc(-c5ccc6ccc7ccccc7c6c5)cc4)c4ccc(-c5cc6ccccc6c6ccccc56)cc4)ccc3c2NC1. The molecule has 0 aliphatic carbocycles. The summed E-state index contributed by atoms with van der Waals surface area (Å²) >= 11 is 1.85. The van der Waals surface area contributed by atoms with Crippen LogP contribution in [-0.2, 0) is 0 Å². The van der Waals surface area contributed by atoms with Gasteiger partial charge in [0.15, 0.2) is 0 Å². The minimum Gasteiger partial charge on any atom is -0.380 e. The largest absolute Gasteiger partial charge is 0.380 e. The molecule has 54 heavy (non-hydrogen) atoms. The van der Waals surface area contributed by atoms with E-state index < -0.39 is 0 Å². The number of benzene rings is 9. The fourth-order valence-corrected chi connectivity index (χ4v) is 9.53. The van der Waals surface area contributed by atoms with Crippen LogP contribution < -0.4 is 10.2 Å². The molecule has 2 heterocycles. The maximum atomic E-state index is 3.60. The maximum Gasteiger partial charge on any atom is 0.0605 e. The molecule has 1 aliphatic heterocycles. The summed E-state index contributed by atoms with van der Waals surface area (Å²) in [6, 6.07) is 64.8. The van der Waals surface area contributed by atoms with Crippen LogP contribution in [0, 0.1) is 0 Å². The van der Waals surface area contributed by atoms with Crippen molar-refractivity contribution in [2.45, 2.75) is 0 Å². The topological polar surface area (TPSA) is 15.3 Å². The third-order valence-corrected chi connectivity index (χ3v) is 12.2. The van der Waals surface area contributed by atoms with Crippen LogP contribution in [0.2, 0.25) is 0 Å². The molecule has 0 saturated carbocycles. The average molecular weight is 707 g/mol. The van der Waals surface area contributed by atoms with Crippen LogP contribution in [0.4, 0.5) is 22.7 Å². The van der Waals surface area contributed by atoms with Crippen molar-refractivity contribution in [3.8, 4) is 22.3 Å². The molecule has 9 aromatic carbocycles. The van der Waals surface area contributed by atoms with Gasteiger partial charge < -0.3 is 10.2 Å². The van der Waals surface area contributed by atoms with E-state index in [9.17, 15) is 0 Å². The summed E-state index contributed by atoms with van der Waals surface area (Å²) in [5, 5.41) is 15.1. The van der Waals surface area contributed by atoms with Gasteiger partial charge in [-0.1, -0.05) is 127 Å². The lowest BCUT2D eigenvalue weighted by molar-refractivity contribution is 1.29. The standard InChI is InChI=1S/C51H34N2S/c1-3-10-42-34(8-1)15-16-35-17-18-37(30-47(35)42)33-19-23-39(24-20-33)53(41-27-28-46-50(32-41)54-49-14-7-29-52-51(46)49)40-25-21-36(22-26-40)48-31-38-9-2-4-11-43(38)44-12-5-6-13-45(44)48/h1-28,30-32,52H,29H2. The lowest BCUT2D eigenvalue weighted by Gasteiger charge is -2.26. The first-order valence-electron chi connectivity index (χ1n) is 18.6. The van der Waals surface area contributed by atoms with Crippen LogP contribution in [0.1, 0.15) is 4.88 Å². The minimum atomic E-state index is 0.866. The second-order valence-electron chi connectivity index (χ2n) is 14.1. The van der Waals surface area contributed by atoms with E-state index in [1.807, 2.05) is 11.3 Å². The quantitative estimate of drug-likeness (QED) is 0.179. The number of hydrogen-bond acceptors (Lipinski definition) is 3. The van der Waals surface area contributed by atoms with Crippen LogP contribution in [0.15, 0.2) is 182 Å². The van der Waals surface area contributed by atoms with E-state index in [0.717, 1.165) is 23.6 Å². The lowest BCUT2D eigenvalue weighted by Crippen LogP contribution is -2.09. The maximum absolute atomic E-state index is 3.60. The Morgan fingerprint density at radius 2 is 1.02 bits per heavy atom. The molecule has 2 nitrogen and oxygen atoms in total. The normalized spacial score (nSPS) is 12.4. The van der Waals surface area contributed by atoms with Gasteiger partial charge in [-0.3, -0.25) is 0 Å². The van der Waals surface area contributed by atoms with Crippen molar-refractivity contribution in [2.75, 3.05) is 16.8 Å². The van der Waals surface area contributed by atoms with Gasteiger partial charge in [0.25, 0.3) is 0 Å². The van der Waals surface area contributed by atoms with Gasteiger partial charge in [0, 0.05) is 33.7 Å². The van der Waals surface area contributed by atoms with Gasteiger partial charge in [-0.15, -0.1) is 11.3 Å². The lowest BCUT2D eigenvalue weighted by atomic mass is 9.93. The van der Waals surface area contributed by atoms with E-state index in [-0.39, 0.29) is 0 Å². The molecule has 10 aromatic rings. The first kappa shape index (κ1) is 30.9. The van der Waals surface area contributed by atoms with Crippen LogP contribution in [-0.4, -0.2) is 6.54 Å². The first-order chi connectivity index (χ1) is 26.7. The van der Waals surface area contributed by atoms with Crippen molar-refractivity contribution in [2.24, 2.45) is 0 Å². The Morgan fingerprint density at radius 1 is 0.426 bits per heavy atom. The molecule has 0 atom stereocenters. The zero-order valence-electron chi connectivity index (χ0n) is 29.5. The van der Waals surface area contributed by atoms with Crippen molar-refractivity contribution in [1.82, 2.24) is 0 Å². The van der Waals surface area contributed by atoms with Gasteiger partial charge in [0.05, 0.1) is 10.6 Å². The molecule has 1 aliphatic rings. The van der Waals surface area contributed by atoms with Gasteiger partial charge in [-0.25, -0.2) is 0 Å². The van der Waals surface area contributed by atoms with E-state index in [1.54, 1.807) is 0 Å². The van der Waals surface area contributed by atoms with Gasteiger partial charge >= 0.3 is 0 Å². The fraction of sp³-hybridized carbons (Fsp3) is 0.0196. The van der Waals surface area contributed by atoms with Gasteiger partial charge in [-0.05, 0) is 126 Å². The summed E-state index contributed by atoms with van der Waals surface area (Å²) in [6.07, 6.45) is 4.45. The highest BCUT2D eigenvalue weighted by Crippen LogP contribution is 2.44. The third-order valence-electron chi connectivity index (χ3n) is 11.0. The van der Waals surface area contributed by atoms with E-state index in [1.165, 1.54) is 86.0 Å². The number of anilines is 4. The molecule has 0 unspecified atom stereocenters. The van der Waals surface area contributed by atoms with Crippen molar-refractivity contribution in [1.29, 1.82) is 0 Å². The molecule has 0 amide bonds. The molecule has 3 heteroatoms. The molecule has 254 valence electrons. The Kier molecular flexibility index (Phi) is 7.14. The number of fused-ring (bicyclic) bond motifs is 9. The molecule has 0 spiro atoms. The van der Waals surface area contributed by atoms with Crippen molar-refractivity contribution in [3.05, 3.63) is 187 Å². The van der Waals surface area contributed by atoms with Crippen molar-refractivity contribution < 1.29 is 0 Å². The molecule has 0 radical (unpaired) electrons. The zero-order valence-corrected chi connectivity index (χ0v) is 30.3. The summed E-state index contributed by atoms with van der Waals surface area (Å²) in [7, 11) is 0. The number of nitrogens with one attached hydrogen (secondary N) is 1. The predicted octanol–water partition coefficient (Wildman–Crippen LogP) is 14.8. The Labute approximate surface area is 317 Å². The van der Waals surface area contributed by atoms with E-state index in [0.29, 0.717) is 0 Å². The number of rotatable bonds is 5. The Balaban J connectivity index is 1.02. The van der Waals surface area contributed by atoms with Crippen molar-refractivity contribution in [3.63, 3.8) is 0 Å². The van der Waals surface area contributed by atoms with Crippen LogP contribution in [0.5, 0.6) is 0 Å². The molecule has 0 saturated heterocycles. The van der Waals surface area contributed by atoms with Gasteiger partial charge in [0.1, 0.15) is 0 Å². The summed E-state index contributed by atoms with van der Waals surface area (Å²) in [5.74, 6) is 0. The molecular weight excluding hydrogens is 673 g/mol. The fourth-order valence-electron chi connectivity index (χ4n) is 8.38. The first-order valence-corrected chi connectivity index (χ1v) is 19.4. The van der Waals surface area contributed by atoms with E-state index >= 15 is 0 Å². The smallest absolute Gasteiger partial charge is 0.0605 e. The average Bonchev–Trinajstić information content (AvgIpc) is 3.62. The molecule has 11 rings (SSSR count). The zero-order chi connectivity index (χ0) is 35.6. The Hall–Kier alpha value is -6.68. The van der Waals surface area contributed by atoms with E-state index in [4.69, 9.17) is 0 Å². The second kappa shape index (κ2) is 12.5. The van der Waals surface area contributed by atoms with Crippen LogP contribution in [0.3, 0.4) is 0 Å². The monoisotopic (exact) mass is 706 g/mol. The van der Waals surface area contributed by atoms with Gasteiger partial charge in [-0.2, -0.15) is 0 Å². The number of thiophene rings is 1. The highest BCUT2D eigenvalue weighted by Gasteiger charge is 2.18. The highest BCUT2D eigenvalue weighted by atomic mass is 32.1. The third kappa shape index (κ3) is 5.08. The minimum absolute atomic E-state index is 0.866. The molecular formula is C51H34N2S. The summed E-state index contributed by atoms with van der Waals surface area (Å²) < 4.78 is 1.28.